The van der Waals surface area contributed by atoms with Gasteiger partial charge in [0, 0.05) is 16.0 Å². The first-order chi connectivity index (χ1) is 18.2. The Balaban J connectivity index is 1.54. The number of hydrogen-bond acceptors (Lipinski definition) is 5. The average Bonchev–Trinajstić information content (AvgIpc) is 3.68. The van der Waals surface area contributed by atoms with Crippen LogP contribution in [0.25, 0.3) is 27.2 Å². The van der Waals surface area contributed by atoms with Gasteiger partial charge < -0.3 is 5.32 Å². The molecule has 6 heteroatoms. The van der Waals surface area contributed by atoms with E-state index in [0.717, 1.165) is 39.0 Å². The molecule has 0 radical (unpaired) electrons. The van der Waals surface area contributed by atoms with Gasteiger partial charge in [0.1, 0.15) is 10.8 Å². The van der Waals surface area contributed by atoms with Crippen LogP contribution in [0.15, 0.2) is 96.4 Å². The minimum Gasteiger partial charge on any atom is -0.339 e. The monoisotopic (exact) mass is 516 g/mol. The molecule has 0 spiro atoms. The van der Waals surface area contributed by atoms with E-state index < -0.39 is 0 Å². The number of nitrogens with one attached hydrogen (secondary N) is 1. The normalized spacial score (nSPS) is 15.1. The van der Waals surface area contributed by atoms with E-state index in [2.05, 4.69) is 120 Å². The number of allylic oxidation sites excluding steroid dienone is 1. The first-order valence-corrected chi connectivity index (χ1v) is 14.0. The molecule has 0 aliphatic carbocycles. The predicted molar refractivity (Wildman–Crippen MR) is 156 cm³/mol. The fraction of sp³-hybridized carbons (Fsp3) is 0.0968. The molecule has 180 valence electrons. The number of rotatable bonds is 4. The maximum Gasteiger partial charge on any atom is 0.138 e. The Morgan fingerprint density at radius 2 is 1.62 bits per heavy atom. The Morgan fingerprint density at radius 3 is 2.38 bits per heavy atom. The predicted octanol–water partition coefficient (Wildman–Crippen LogP) is 8.29. The van der Waals surface area contributed by atoms with Crippen molar-refractivity contribution in [1.29, 1.82) is 0 Å². The van der Waals surface area contributed by atoms with Crippen molar-refractivity contribution in [2.75, 3.05) is 5.32 Å². The largest absolute Gasteiger partial charge is 0.339 e. The molecule has 37 heavy (non-hydrogen) atoms. The highest BCUT2D eigenvalue weighted by Crippen LogP contribution is 2.52. The van der Waals surface area contributed by atoms with E-state index in [-0.39, 0.29) is 5.92 Å². The summed E-state index contributed by atoms with van der Waals surface area (Å²) in [7, 11) is 0. The number of thiophene rings is 1. The van der Waals surface area contributed by atoms with E-state index in [0.29, 0.717) is 0 Å². The lowest BCUT2D eigenvalue weighted by atomic mass is 9.84. The van der Waals surface area contributed by atoms with E-state index in [1.807, 2.05) is 0 Å². The smallest absolute Gasteiger partial charge is 0.138 e. The second kappa shape index (κ2) is 8.83. The van der Waals surface area contributed by atoms with Crippen molar-refractivity contribution >= 4 is 50.0 Å². The van der Waals surface area contributed by atoms with Crippen LogP contribution in [0.2, 0.25) is 0 Å². The second-order valence-corrected chi connectivity index (χ2v) is 11.3. The number of aromatic nitrogens is 3. The second-order valence-electron chi connectivity index (χ2n) is 9.31. The molecule has 4 heterocycles. The van der Waals surface area contributed by atoms with Crippen LogP contribution < -0.4 is 5.32 Å². The van der Waals surface area contributed by atoms with E-state index in [1.165, 1.54) is 26.3 Å². The van der Waals surface area contributed by atoms with Gasteiger partial charge in [-0.3, -0.25) is 0 Å². The van der Waals surface area contributed by atoms with Gasteiger partial charge in [-0.15, -0.1) is 22.7 Å². The lowest BCUT2D eigenvalue weighted by molar-refractivity contribution is 0.869. The summed E-state index contributed by atoms with van der Waals surface area (Å²) in [6.07, 6.45) is 0. The van der Waals surface area contributed by atoms with E-state index in [4.69, 9.17) is 10.1 Å². The lowest BCUT2D eigenvalue weighted by Crippen LogP contribution is -2.18. The highest BCUT2D eigenvalue weighted by molar-refractivity contribution is 7.19. The van der Waals surface area contributed by atoms with Gasteiger partial charge in [-0.2, -0.15) is 5.10 Å². The quantitative estimate of drug-likeness (QED) is 0.256. The third kappa shape index (κ3) is 3.72. The Bertz CT molecular complexity index is 1720. The molecule has 1 N–H and O–H groups in total. The Morgan fingerprint density at radius 1 is 0.838 bits per heavy atom. The van der Waals surface area contributed by atoms with Crippen LogP contribution in [-0.4, -0.2) is 14.8 Å². The van der Waals surface area contributed by atoms with Crippen molar-refractivity contribution < 1.29 is 0 Å². The minimum absolute atomic E-state index is 0.0196. The van der Waals surface area contributed by atoms with Gasteiger partial charge in [0.05, 0.1) is 33.2 Å². The summed E-state index contributed by atoms with van der Waals surface area (Å²) in [6.45, 7) is 4.23. The zero-order valence-electron chi connectivity index (χ0n) is 20.5. The van der Waals surface area contributed by atoms with Crippen LogP contribution in [0.3, 0.4) is 0 Å². The van der Waals surface area contributed by atoms with Crippen LogP contribution in [-0.2, 0) is 0 Å². The van der Waals surface area contributed by atoms with Crippen molar-refractivity contribution in [2.45, 2.75) is 19.8 Å². The van der Waals surface area contributed by atoms with Gasteiger partial charge >= 0.3 is 0 Å². The van der Waals surface area contributed by atoms with Crippen LogP contribution in [0, 0.1) is 13.8 Å². The molecule has 1 atom stereocenters. The van der Waals surface area contributed by atoms with E-state index in [1.54, 1.807) is 22.7 Å². The number of benzene rings is 3. The Hall–Kier alpha value is -4.00. The zero-order valence-corrected chi connectivity index (χ0v) is 22.1. The Labute approximate surface area is 223 Å². The summed E-state index contributed by atoms with van der Waals surface area (Å²) in [5.41, 5.74) is 8.96. The van der Waals surface area contributed by atoms with Crippen molar-refractivity contribution in [3.63, 3.8) is 0 Å². The molecule has 0 saturated heterocycles. The molecule has 0 bridgehead atoms. The van der Waals surface area contributed by atoms with E-state index in [9.17, 15) is 0 Å². The third-order valence-corrected chi connectivity index (χ3v) is 8.90. The average molecular weight is 517 g/mol. The summed E-state index contributed by atoms with van der Waals surface area (Å²) in [5, 5.41) is 12.1. The molecule has 1 aliphatic heterocycles. The molecular weight excluding hydrogens is 493 g/mol. The summed E-state index contributed by atoms with van der Waals surface area (Å²) >= 11 is 3.55. The van der Waals surface area contributed by atoms with Gasteiger partial charge in [0.15, 0.2) is 0 Å². The summed E-state index contributed by atoms with van der Waals surface area (Å²) in [4.78, 5) is 6.44. The van der Waals surface area contributed by atoms with Crippen LogP contribution in [0.4, 0.5) is 5.82 Å². The maximum atomic E-state index is 5.15. The van der Waals surface area contributed by atoms with Gasteiger partial charge in [0.25, 0.3) is 0 Å². The molecule has 0 saturated carbocycles. The molecule has 3 aromatic heterocycles. The first-order valence-electron chi connectivity index (χ1n) is 12.3. The lowest BCUT2D eigenvalue weighted by Gasteiger charge is -2.30. The minimum atomic E-state index is 0.0196. The Kier molecular flexibility index (Phi) is 5.30. The number of hydrogen-bond donors (Lipinski definition) is 1. The number of anilines is 1. The van der Waals surface area contributed by atoms with Crippen LogP contribution >= 0.6 is 22.7 Å². The van der Waals surface area contributed by atoms with Crippen LogP contribution in [0.1, 0.15) is 38.2 Å². The third-order valence-electron chi connectivity index (χ3n) is 6.89. The van der Waals surface area contributed by atoms with Gasteiger partial charge in [-0.1, -0.05) is 66.2 Å². The number of fused-ring (bicyclic) bond motifs is 2. The summed E-state index contributed by atoms with van der Waals surface area (Å²) in [6, 6.07) is 31.9. The van der Waals surface area contributed by atoms with Gasteiger partial charge in [-0.05, 0) is 55.1 Å². The molecule has 1 aliphatic rings. The molecule has 7 rings (SSSR count). The molecule has 6 aromatic rings. The fourth-order valence-electron chi connectivity index (χ4n) is 5.14. The van der Waals surface area contributed by atoms with Gasteiger partial charge in [0.2, 0.25) is 0 Å². The van der Waals surface area contributed by atoms with Crippen molar-refractivity contribution in [2.24, 2.45) is 0 Å². The highest BCUT2D eigenvalue weighted by atomic mass is 32.1. The van der Waals surface area contributed by atoms with Crippen LogP contribution in [0.5, 0.6) is 0 Å². The maximum absolute atomic E-state index is 5.15. The molecule has 4 nitrogen and oxygen atoms in total. The highest BCUT2D eigenvalue weighted by Gasteiger charge is 2.37. The summed E-state index contributed by atoms with van der Waals surface area (Å²) in [5.74, 6) is 1.04. The molecular formula is C31H24N4S2. The molecule has 0 fully saturated rings. The number of nitrogens with zero attached hydrogens (tertiary/aromatic N) is 3. The summed E-state index contributed by atoms with van der Waals surface area (Å²) < 4.78 is 3.25. The molecule has 3 aromatic carbocycles. The van der Waals surface area contributed by atoms with Crippen molar-refractivity contribution in [1.82, 2.24) is 14.8 Å². The van der Waals surface area contributed by atoms with Gasteiger partial charge in [-0.25, -0.2) is 9.67 Å². The fourth-order valence-corrected chi connectivity index (χ4v) is 7.03. The topological polar surface area (TPSA) is 42.7 Å². The number of aryl methyl sites for hydroxylation is 2. The zero-order chi connectivity index (χ0) is 24.9. The number of para-hydroxylation sites is 1. The number of thiazole rings is 1. The SMILES string of the molecule is Cc1ccc(-n2nc(C)c3c2NC(c2ccccc2)=C(c2nc4ccccc4s2)C3c2cccs2)cc1. The molecule has 1 unspecified atom stereocenters. The van der Waals surface area contributed by atoms with Crippen molar-refractivity contribution in [3.8, 4) is 5.69 Å². The van der Waals surface area contributed by atoms with E-state index >= 15 is 0 Å². The standard InChI is InChI=1S/C31H24N4S2/c1-19-14-16-22(17-15-19)35-30-26(20(2)34-35)27(25-13-8-18-36-25)28(29(33-30)21-9-4-3-5-10-21)31-32-23-11-6-7-12-24(23)37-31/h3-18,27,33H,1-2H3. The van der Waals surface area contributed by atoms with Crippen molar-refractivity contribution in [3.05, 3.63) is 129 Å². The molecule has 0 amide bonds. The first kappa shape index (κ1) is 22.2.